The summed E-state index contributed by atoms with van der Waals surface area (Å²) in [6, 6.07) is 11.3. The van der Waals surface area contributed by atoms with Gasteiger partial charge in [-0.1, -0.05) is 37.3 Å². The number of hydrogen-bond acceptors (Lipinski definition) is 3. The van der Waals surface area contributed by atoms with Gasteiger partial charge in [-0.25, -0.2) is 0 Å². The van der Waals surface area contributed by atoms with Crippen molar-refractivity contribution in [2.24, 2.45) is 0 Å². The van der Waals surface area contributed by atoms with Crippen LogP contribution in [0.4, 0.5) is 0 Å². The first-order chi connectivity index (χ1) is 8.63. The van der Waals surface area contributed by atoms with Crippen molar-refractivity contribution in [2.75, 3.05) is 0 Å². The SMILES string of the molecule is CCC(C)Oc1ccc2ccccc2c1B(O)O. The molecule has 0 amide bonds. The van der Waals surface area contributed by atoms with Gasteiger partial charge < -0.3 is 14.8 Å². The number of benzene rings is 2. The Morgan fingerprint density at radius 1 is 1.17 bits per heavy atom. The molecular weight excluding hydrogens is 227 g/mol. The third-order valence-electron chi connectivity index (χ3n) is 3.09. The fraction of sp³-hybridized carbons (Fsp3) is 0.286. The second-order valence-corrected chi connectivity index (χ2v) is 4.41. The maximum Gasteiger partial charge on any atom is 0.492 e. The average molecular weight is 244 g/mol. The molecule has 0 aliphatic rings. The summed E-state index contributed by atoms with van der Waals surface area (Å²) >= 11 is 0. The van der Waals surface area contributed by atoms with Crippen LogP contribution in [-0.2, 0) is 0 Å². The van der Waals surface area contributed by atoms with Gasteiger partial charge in [0.25, 0.3) is 0 Å². The Morgan fingerprint density at radius 2 is 1.89 bits per heavy atom. The zero-order valence-corrected chi connectivity index (χ0v) is 10.6. The fourth-order valence-corrected chi connectivity index (χ4v) is 1.94. The summed E-state index contributed by atoms with van der Waals surface area (Å²) in [5.74, 6) is 0.540. The molecule has 0 bridgehead atoms. The highest BCUT2D eigenvalue weighted by Gasteiger charge is 2.21. The van der Waals surface area contributed by atoms with Crippen LogP contribution in [0.2, 0.25) is 0 Å². The van der Waals surface area contributed by atoms with Crippen molar-refractivity contribution in [2.45, 2.75) is 26.4 Å². The van der Waals surface area contributed by atoms with Crippen LogP contribution in [0.3, 0.4) is 0 Å². The van der Waals surface area contributed by atoms with E-state index in [1.54, 1.807) is 6.07 Å². The molecule has 0 radical (unpaired) electrons. The molecule has 0 heterocycles. The van der Waals surface area contributed by atoms with Crippen molar-refractivity contribution in [1.29, 1.82) is 0 Å². The molecule has 1 atom stereocenters. The van der Waals surface area contributed by atoms with Crippen molar-refractivity contribution >= 4 is 23.4 Å². The van der Waals surface area contributed by atoms with Crippen molar-refractivity contribution in [3.63, 3.8) is 0 Å². The van der Waals surface area contributed by atoms with E-state index in [9.17, 15) is 10.0 Å². The van der Waals surface area contributed by atoms with Gasteiger partial charge in [-0.3, -0.25) is 0 Å². The first-order valence-electron chi connectivity index (χ1n) is 6.18. The highest BCUT2D eigenvalue weighted by molar-refractivity contribution is 6.63. The van der Waals surface area contributed by atoms with Crippen LogP contribution in [-0.4, -0.2) is 23.3 Å². The molecule has 3 nitrogen and oxygen atoms in total. The van der Waals surface area contributed by atoms with Gasteiger partial charge in [-0.05, 0) is 30.2 Å². The summed E-state index contributed by atoms with van der Waals surface area (Å²) in [6.45, 7) is 3.99. The minimum atomic E-state index is -1.53. The molecular formula is C14H17BO3. The summed E-state index contributed by atoms with van der Waals surface area (Å²) in [5, 5.41) is 20.9. The normalized spacial score (nSPS) is 12.4. The molecule has 2 rings (SSSR count). The zero-order chi connectivity index (χ0) is 13.1. The van der Waals surface area contributed by atoms with E-state index in [-0.39, 0.29) is 6.10 Å². The predicted octanol–water partition coefficient (Wildman–Crippen LogP) is 1.70. The van der Waals surface area contributed by atoms with Gasteiger partial charge in [0.05, 0.1) is 6.10 Å². The van der Waals surface area contributed by atoms with E-state index >= 15 is 0 Å². The van der Waals surface area contributed by atoms with Gasteiger partial charge in [0.2, 0.25) is 0 Å². The van der Waals surface area contributed by atoms with Gasteiger partial charge in [0, 0.05) is 5.46 Å². The van der Waals surface area contributed by atoms with E-state index in [2.05, 4.69) is 0 Å². The molecule has 94 valence electrons. The van der Waals surface area contributed by atoms with Gasteiger partial charge in [-0.15, -0.1) is 0 Å². The quantitative estimate of drug-likeness (QED) is 0.805. The van der Waals surface area contributed by atoms with Crippen LogP contribution in [0.15, 0.2) is 36.4 Å². The lowest BCUT2D eigenvalue weighted by Gasteiger charge is -2.17. The van der Waals surface area contributed by atoms with Crippen molar-refractivity contribution in [3.05, 3.63) is 36.4 Å². The van der Waals surface area contributed by atoms with E-state index in [0.29, 0.717) is 11.2 Å². The third-order valence-corrected chi connectivity index (χ3v) is 3.09. The van der Waals surface area contributed by atoms with Gasteiger partial charge in [0.15, 0.2) is 0 Å². The van der Waals surface area contributed by atoms with E-state index < -0.39 is 7.12 Å². The second-order valence-electron chi connectivity index (χ2n) is 4.41. The van der Waals surface area contributed by atoms with Crippen molar-refractivity contribution < 1.29 is 14.8 Å². The van der Waals surface area contributed by atoms with E-state index in [1.807, 2.05) is 44.2 Å². The predicted molar refractivity (Wildman–Crippen MR) is 74.2 cm³/mol. The average Bonchev–Trinajstić information content (AvgIpc) is 2.37. The van der Waals surface area contributed by atoms with E-state index in [4.69, 9.17) is 4.74 Å². The summed E-state index contributed by atoms with van der Waals surface area (Å²) in [7, 11) is -1.53. The molecule has 2 N–H and O–H groups in total. The Morgan fingerprint density at radius 3 is 2.56 bits per heavy atom. The lowest BCUT2D eigenvalue weighted by atomic mass is 9.76. The van der Waals surface area contributed by atoms with Crippen LogP contribution in [0, 0.1) is 0 Å². The molecule has 0 aliphatic carbocycles. The number of fused-ring (bicyclic) bond motifs is 1. The summed E-state index contributed by atoms with van der Waals surface area (Å²) in [4.78, 5) is 0. The van der Waals surface area contributed by atoms with Gasteiger partial charge >= 0.3 is 7.12 Å². The van der Waals surface area contributed by atoms with Crippen molar-refractivity contribution in [3.8, 4) is 5.75 Å². The molecule has 1 unspecified atom stereocenters. The largest absolute Gasteiger partial charge is 0.492 e. The number of hydrogen-bond donors (Lipinski definition) is 2. The molecule has 0 fully saturated rings. The highest BCUT2D eigenvalue weighted by Crippen LogP contribution is 2.20. The van der Waals surface area contributed by atoms with Crippen molar-refractivity contribution in [1.82, 2.24) is 0 Å². The molecule has 4 heteroatoms. The Labute approximate surface area is 107 Å². The Balaban J connectivity index is 2.56. The Hall–Kier alpha value is -1.52. The topological polar surface area (TPSA) is 49.7 Å². The van der Waals surface area contributed by atoms with Crippen LogP contribution < -0.4 is 10.2 Å². The van der Waals surface area contributed by atoms with E-state index in [1.165, 1.54) is 0 Å². The minimum Gasteiger partial charge on any atom is -0.491 e. The molecule has 0 aliphatic heterocycles. The first kappa shape index (κ1) is 12.9. The Bertz CT molecular complexity index is 540. The number of ether oxygens (including phenoxy) is 1. The minimum absolute atomic E-state index is 0.0451. The summed E-state index contributed by atoms with van der Waals surface area (Å²) in [5.41, 5.74) is 0.438. The molecule has 2 aromatic rings. The van der Waals surface area contributed by atoms with Crippen LogP contribution >= 0.6 is 0 Å². The fourth-order valence-electron chi connectivity index (χ4n) is 1.94. The van der Waals surface area contributed by atoms with Crippen LogP contribution in [0.5, 0.6) is 5.75 Å². The van der Waals surface area contributed by atoms with Crippen LogP contribution in [0.25, 0.3) is 10.8 Å². The number of rotatable bonds is 4. The summed E-state index contributed by atoms with van der Waals surface area (Å²) < 4.78 is 5.74. The summed E-state index contributed by atoms with van der Waals surface area (Å²) in [6.07, 6.45) is 0.914. The third kappa shape index (κ3) is 2.50. The maximum atomic E-state index is 9.56. The lowest BCUT2D eigenvalue weighted by Crippen LogP contribution is -2.33. The van der Waals surface area contributed by atoms with Gasteiger partial charge in [0.1, 0.15) is 5.75 Å². The van der Waals surface area contributed by atoms with Gasteiger partial charge in [-0.2, -0.15) is 0 Å². The second kappa shape index (κ2) is 5.42. The van der Waals surface area contributed by atoms with Crippen LogP contribution in [0.1, 0.15) is 20.3 Å². The molecule has 0 saturated carbocycles. The monoisotopic (exact) mass is 244 g/mol. The standard InChI is InChI=1S/C14H17BO3/c1-3-10(2)18-13-9-8-11-6-4-5-7-12(11)14(13)15(16)17/h4-10,16-17H,3H2,1-2H3. The molecule has 0 saturated heterocycles. The maximum absolute atomic E-state index is 9.56. The lowest BCUT2D eigenvalue weighted by molar-refractivity contribution is 0.219. The first-order valence-corrected chi connectivity index (χ1v) is 6.18. The Kier molecular flexibility index (Phi) is 3.89. The zero-order valence-electron chi connectivity index (χ0n) is 10.6. The smallest absolute Gasteiger partial charge is 0.491 e. The van der Waals surface area contributed by atoms with E-state index in [0.717, 1.165) is 17.2 Å². The molecule has 18 heavy (non-hydrogen) atoms. The molecule has 0 spiro atoms. The molecule has 0 aromatic heterocycles. The highest BCUT2D eigenvalue weighted by atomic mass is 16.5. The molecule has 2 aromatic carbocycles.